The van der Waals surface area contributed by atoms with Crippen molar-refractivity contribution in [3.63, 3.8) is 0 Å². The Morgan fingerprint density at radius 3 is 2.59 bits per heavy atom. The summed E-state index contributed by atoms with van der Waals surface area (Å²) in [7, 11) is 0. The van der Waals surface area contributed by atoms with E-state index in [1.165, 1.54) is 6.26 Å². The second-order valence-corrected chi connectivity index (χ2v) is 9.42. The molecule has 2 aromatic carbocycles. The summed E-state index contributed by atoms with van der Waals surface area (Å²) in [5.41, 5.74) is -0.351. The molecule has 3 aromatic rings. The zero-order valence-electron chi connectivity index (χ0n) is 18.2. The molecular weight excluding hydrogens is 412 g/mol. The molecule has 3 N–H and O–H groups in total. The van der Waals surface area contributed by atoms with Crippen LogP contribution in [0.2, 0.25) is 0 Å². The number of benzene rings is 2. The lowest BCUT2D eigenvalue weighted by Crippen LogP contribution is -2.41. The van der Waals surface area contributed by atoms with Gasteiger partial charge in [0.1, 0.15) is 46.2 Å². The van der Waals surface area contributed by atoms with Gasteiger partial charge in [-0.15, -0.1) is 0 Å². The fourth-order valence-electron chi connectivity index (χ4n) is 4.26. The van der Waals surface area contributed by atoms with Crippen LogP contribution in [0.3, 0.4) is 0 Å². The molecule has 7 heteroatoms. The third-order valence-electron chi connectivity index (χ3n) is 5.94. The minimum atomic E-state index is -1.25. The fraction of sp³-hybridized carbons (Fsp3) is 0.320. The minimum Gasteiger partial charge on any atom is -0.506 e. The monoisotopic (exact) mass is 436 g/mol. The highest BCUT2D eigenvalue weighted by Crippen LogP contribution is 2.43. The molecule has 1 aromatic heterocycles. The van der Waals surface area contributed by atoms with Crippen molar-refractivity contribution in [2.45, 2.75) is 51.1 Å². The predicted octanol–water partition coefficient (Wildman–Crippen LogP) is 3.92. The molecule has 3 heterocycles. The van der Waals surface area contributed by atoms with Crippen LogP contribution in [-0.2, 0) is 0 Å². The molecule has 0 spiro atoms. The number of aromatic hydroxyl groups is 1. The Balaban J connectivity index is 1.63. The van der Waals surface area contributed by atoms with E-state index in [-0.39, 0.29) is 22.3 Å². The van der Waals surface area contributed by atoms with E-state index in [9.17, 15) is 20.1 Å². The molecule has 0 fully saturated rings. The summed E-state index contributed by atoms with van der Waals surface area (Å²) in [5, 5.41) is 31.9. The van der Waals surface area contributed by atoms with Crippen LogP contribution in [0.1, 0.15) is 44.9 Å². The van der Waals surface area contributed by atoms with E-state index in [1.807, 2.05) is 19.9 Å². The molecule has 5 rings (SSSR count). The van der Waals surface area contributed by atoms with Crippen LogP contribution >= 0.6 is 0 Å². The van der Waals surface area contributed by atoms with Gasteiger partial charge in [0.15, 0.2) is 6.10 Å². The Hall–Kier alpha value is -3.29. The van der Waals surface area contributed by atoms with Gasteiger partial charge in [-0.3, -0.25) is 4.79 Å². The molecule has 0 radical (unpaired) electrons. The van der Waals surface area contributed by atoms with Gasteiger partial charge in [0, 0.05) is 11.6 Å². The van der Waals surface area contributed by atoms with Crippen molar-refractivity contribution in [2.75, 3.05) is 0 Å². The van der Waals surface area contributed by atoms with Gasteiger partial charge in [-0.05, 0) is 57.5 Å². The van der Waals surface area contributed by atoms with Crippen molar-refractivity contribution < 1.29 is 29.2 Å². The van der Waals surface area contributed by atoms with Crippen LogP contribution in [0.15, 0.2) is 45.8 Å². The van der Waals surface area contributed by atoms with E-state index in [2.05, 4.69) is 0 Å². The largest absolute Gasteiger partial charge is 0.506 e. The first-order valence-corrected chi connectivity index (χ1v) is 10.4. The molecule has 0 aliphatic carbocycles. The van der Waals surface area contributed by atoms with Gasteiger partial charge < -0.3 is 29.2 Å². The van der Waals surface area contributed by atoms with Crippen LogP contribution in [0.5, 0.6) is 17.2 Å². The zero-order valence-corrected chi connectivity index (χ0v) is 18.2. The number of fused-ring (bicyclic) bond motifs is 3. The SMILES string of the molecule is CC1(C)C=Cc2c(cc3occ(-c4ccc5c(c4)[C@@H](O)[C@@H](C(C)(C)O)O5)c(=O)c3c2O)O1. The maximum atomic E-state index is 13.3. The number of ether oxygens (including phenoxy) is 2. The van der Waals surface area contributed by atoms with Crippen molar-refractivity contribution in [3.05, 3.63) is 58.0 Å². The molecule has 166 valence electrons. The third-order valence-corrected chi connectivity index (χ3v) is 5.94. The molecule has 0 saturated carbocycles. The van der Waals surface area contributed by atoms with Crippen molar-refractivity contribution >= 4 is 17.0 Å². The summed E-state index contributed by atoms with van der Waals surface area (Å²) < 4.78 is 17.3. The van der Waals surface area contributed by atoms with E-state index in [1.54, 1.807) is 44.2 Å². The first kappa shape index (κ1) is 20.6. The summed E-state index contributed by atoms with van der Waals surface area (Å²) >= 11 is 0. The number of phenols is 1. The van der Waals surface area contributed by atoms with E-state index in [0.29, 0.717) is 28.2 Å². The molecule has 32 heavy (non-hydrogen) atoms. The third kappa shape index (κ3) is 3.08. The topological polar surface area (TPSA) is 109 Å². The molecule has 2 atom stereocenters. The highest BCUT2D eigenvalue weighted by Gasteiger charge is 2.42. The molecule has 0 unspecified atom stereocenters. The van der Waals surface area contributed by atoms with Crippen LogP contribution < -0.4 is 14.9 Å². The maximum absolute atomic E-state index is 13.3. The average molecular weight is 436 g/mol. The van der Waals surface area contributed by atoms with Crippen LogP contribution in [0, 0.1) is 0 Å². The summed E-state index contributed by atoms with van der Waals surface area (Å²) in [6, 6.07) is 6.58. The van der Waals surface area contributed by atoms with Gasteiger partial charge >= 0.3 is 0 Å². The van der Waals surface area contributed by atoms with Crippen molar-refractivity contribution in [1.29, 1.82) is 0 Å². The van der Waals surface area contributed by atoms with Gasteiger partial charge in [-0.2, -0.15) is 0 Å². The second kappa shape index (κ2) is 6.60. The lowest BCUT2D eigenvalue weighted by molar-refractivity contribution is -0.0762. The highest BCUT2D eigenvalue weighted by molar-refractivity contribution is 5.93. The Morgan fingerprint density at radius 2 is 1.88 bits per heavy atom. The standard InChI is InChI=1S/C25H24O7/c1-24(2)8-7-13-17(32-24)10-18-19(20(13)26)21(27)15(11-30-18)12-5-6-16-14(9-12)22(28)23(31-16)25(3,4)29/h5-11,22-23,26,28-29H,1-4H3/t22-,23+/m1/s1. The summed E-state index contributed by atoms with van der Waals surface area (Å²) in [4.78, 5) is 13.3. The van der Waals surface area contributed by atoms with Gasteiger partial charge in [-0.25, -0.2) is 0 Å². The Bertz CT molecular complexity index is 1340. The molecular formula is C25H24O7. The smallest absolute Gasteiger partial charge is 0.204 e. The van der Waals surface area contributed by atoms with E-state index in [4.69, 9.17) is 13.9 Å². The van der Waals surface area contributed by atoms with Gasteiger partial charge in [0.2, 0.25) is 5.43 Å². The molecule has 2 aliphatic heterocycles. The number of aliphatic hydroxyl groups excluding tert-OH is 1. The van der Waals surface area contributed by atoms with Crippen molar-refractivity contribution in [2.24, 2.45) is 0 Å². The minimum absolute atomic E-state index is 0.0564. The normalized spacial score (nSPS) is 21.1. The van der Waals surface area contributed by atoms with E-state index < -0.39 is 28.8 Å². The maximum Gasteiger partial charge on any atom is 0.204 e. The Labute approximate surface area is 184 Å². The van der Waals surface area contributed by atoms with Crippen molar-refractivity contribution in [3.8, 4) is 28.4 Å². The molecule has 0 amide bonds. The lowest BCUT2D eigenvalue weighted by atomic mass is 9.93. The fourth-order valence-corrected chi connectivity index (χ4v) is 4.26. The number of hydrogen-bond donors (Lipinski definition) is 3. The van der Waals surface area contributed by atoms with E-state index in [0.717, 1.165) is 0 Å². The first-order chi connectivity index (χ1) is 15.0. The van der Waals surface area contributed by atoms with Crippen LogP contribution in [-0.4, -0.2) is 32.6 Å². The van der Waals surface area contributed by atoms with E-state index >= 15 is 0 Å². The Kier molecular flexibility index (Phi) is 4.25. The van der Waals surface area contributed by atoms with Crippen LogP contribution in [0.25, 0.3) is 28.2 Å². The zero-order chi connectivity index (χ0) is 23.0. The number of rotatable bonds is 2. The first-order valence-electron chi connectivity index (χ1n) is 10.4. The highest BCUT2D eigenvalue weighted by atomic mass is 16.5. The van der Waals surface area contributed by atoms with Crippen molar-refractivity contribution in [1.82, 2.24) is 0 Å². The quantitative estimate of drug-likeness (QED) is 0.559. The lowest BCUT2D eigenvalue weighted by Gasteiger charge is -2.28. The summed E-state index contributed by atoms with van der Waals surface area (Å²) in [6.45, 7) is 6.91. The van der Waals surface area contributed by atoms with Crippen LogP contribution in [0.4, 0.5) is 0 Å². The second-order valence-electron chi connectivity index (χ2n) is 9.42. The van der Waals surface area contributed by atoms with Gasteiger partial charge in [-0.1, -0.05) is 6.07 Å². The number of aliphatic hydroxyl groups is 2. The van der Waals surface area contributed by atoms with Gasteiger partial charge in [0.05, 0.1) is 16.7 Å². The molecule has 2 aliphatic rings. The average Bonchev–Trinajstić information content (AvgIpc) is 3.04. The number of hydrogen-bond acceptors (Lipinski definition) is 7. The number of phenolic OH excluding ortho intramolecular Hbond substituents is 1. The predicted molar refractivity (Wildman–Crippen MR) is 119 cm³/mol. The molecule has 0 saturated heterocycles. The molecule has 7 nitrogen and oxygen atoms in total. The molecule has 0 bridgehead atoms. The summed E-state index contributed by atoms with van der Waals surface area (Å²) in [5.74, 6) is 0.681. The van der Waals surface area contributed by atoms with Gasteiger partial charge in [0.25, 0.3) is 0 Å². The Morgan fingerprint density at radius 1 is 1.12 bits per heavy atom. The summed E-state index contributed by atoms with van der Waals surface area (Å²) in [6.07, 6.45) is 3.00.